The number of rotatable bonds is 5. The first kappa shape index (κ1) is 21.6. The fraction of sp³-hybridized carbons (Fsp3) is 0.320. The second kappa shape index (κ2) is 8.49. The quantitative estimate of drug-likeness (QED) is 0.600. The standard InChI is InChI=1S/C25H29N5O2/c1-6-32-20-10-8-7-9-19(20)29-23(31)21-16(2)28-24-26-15-27-30(24)22(21)17-11-13-18(14-12-17)25(3,4)5/h7-15,22H,6H2,1-5H3,(H,29,31)(H,26,27,28). The van der Waals surface area contributed by atoms with Gasteiger partial charge in [-0.3, -0.25) is 4.79 Å². The van der Waals surface area contributed by atoms with E-state index in [1.165, 1.54) is 11.9 Å². The van der Waals surface area contributed by atoms with Crippen molar-refractivity contribution in [1.82, 2.24) is 14.8 Å². The van der Waals surface area contributed by atoms with Gasteiger partial charge in [0.1, 0.15) is 18.1 Å². The number of amides is 1. The van der Waals surface area contributed by atoms with Crippen molar-refractivity contribution >= 4 is 17.5 Å². The highest BCUT2D eigenvalue weighted by Gasteiger charge is 2.33. The molecule has 7 nitrogen and oxygen atoms in total. The first-order valence-electron chi connectivity index (χ1n) is 10.8. The van der Waals surface area contributed by atoms with Crippen LogP contribution in [0.25, 0.3) is 0 Å². The molecule has 1 unspecified atom stereocenters. The Labute approximate surface area is 188 Å². The van der Waals surface area contributed by atoms with E-state index in [1.807, 2.05) is 38.1 Å². The van der Waals surface area contributed by atoms with Crippen LogP contribution in [-0.4, -0.2) is 27.3 Å². The van der Waals surface area contributed by atoms with Crippen LogP contribution < -0.4 is 15.4 Å². The van der Waals surface area contributed by atoms with Crippen LogP contribution in [0.1, 0.15) is 51.8 Å². The third kappa shape index (κ3) is 4.10. The molecule has 0 saturated heterocycles. The number of ether oxygens (including phenoxy) is 1. The molecule has 1 atom stereocenters. The van der Waals surface area contributed by atoms with Crippen LogP contribution in [0.5, 0.6) is 5.75 Å². The average molecular weight is 432 g/mol. The monoisotopic (exact) mass is 431 g/mol. The lowest BCUT2D eigenvalue weighted by Crippen LogP contribution is -2.31. The average Bonchev–Trinajstić information content (AvgIpc) is 3.21. The minimum Gasteiger partial charge on any atom is -0.492 e. The van der Waals surface area contributed by atoms with Crippen LogP contribution in [0, 0.1) is 0 Å². The molecule has 32 heavy (non-hydrogen) atoms. The fourth-order valence-corrected chi connectivity index (χ4v) is 3.90. The molecule has 0 aliphatic carbocycles. The summed E-state index contributed by atoms with van der Waals surface area (Å²) in [6.45, 7) is 10.9. The summed E-state index contributed by atoms with van der Waals surface area (Å²) in [6.07, 6.45) is 1.50. The molecule has 0 fully saturated rings. The predicted molar refractivity (Wildman–Crippen MR) is 126 cm³/mol. The van der Waals surface area contributed by atoms with Crippen molar-refractivity contribution in [1.29, 1.82) is 0 Å². The Morgan fingerprint density at radius 1 is 1.16 bits per heavy atom. The first-order valence-corrected chi connectivity index (χ1v) is 10.8. The van der Waals surface area contributed by atoms with Crippen molar-refractivity contribution in [2.24, 2.45) is 0 Å². The topological polar surface area (TPSA) is 81.1 Å². The third-order valence-corrected chi connectivity index (χ3v) is 5.57. The highest BCUT2D eigenvalue weighted by molar-refractivity contribution is 6.06. The molecule has 2 heterocycles. The maximum absolute atomic E-state index is 13.5. The second-order valence-electron chi connectivity index (χ2n) is 8.85. The minimum atomic E-state index is -0.401. The largest absolute Gasteiger partial charge is 0.492 e. The zero-order valence-corrected chi connectivity index (χ0v) is 19.1. The summed E-state index contributed by atoms with van der Waals surface area (Å²) in [7, 11) is 0. The van der Waals surface area contributed by atoms with Crippen LogP contribution in [0.3, 0.4) is 0 Å². The molecule has 0 bridgehead atoms. The van der Waals surface area contributed by atoms with Crippen LogP contribution in [-0.2, 0) is 10.2 Å². The van der Waals surface area contributed by atoms with Gasteiger partial charge >= 0.3 is 0 Å². The summed E-state index contributed by atoms with van der Waals surface area (Å²) < 4.78 is 7.43. The van der Waals surface area contributed by atoms with Gasteiger partial charge in [0, 0.05) is 5.70 Å². The van der Waals surface area contributed by atoms with E-state index in [4.69, 9.17) is 4.74 Å². The highest BCUT2D eigenvalue weighted by atomic mass is 16.5. The molecule has 0 saturated carbocycles. The maximum Gasteiger partial charge on any atom is 0.255 e. The Morgan fingerprint density at radius 2 is 1.88 bits per heavy atom. The van der Waals surface area contributed by atoms with Gasteiger partial charge in [0.05, 0.1) is 17.9 Å². The van der Waals surface area contributed by atoms with Gasteiger partial charge in [0.15, 0.2) is 0 Å². The van der Waals surface area contributed by atoms with Gasteiger partial charge in [0.2, 0.25) is 5.95 Å². The van der Waals surface area contributed by atoms with Gasteiger partial charge in [0.25, 0.3) is 5.91 Å². The molecule has 2 aromatic carbocycles. The van der Waals surface area contributed by atoms with Crippen molar-refractivity contribution in [2.45, 2.75) is 46.1 Å². The number of para-hydroxylation sites is 2. The molecule has 0 radical (unpaired) electrons. The number of nitrogens with zero attached hydrogens (tertiary/aromatic N) is 3. The molecular formula is C25H29N5O2. The smallest absolute Gasteiger partial charge is 0.255 e. The zero-order valence-electron chi connectivity index (χ0n) is 19.1. The number of hydrogen-bond acceptors (Lipinski definition) is 5. The van der Waals surface area contributed by atoms with Crippen molar-refractivity contribution in [3.8, 4) is 5.75 Å². The Hall–Kier alpha value is -3.61. The summed E-state index contributed by atoms with van der Waals surface area (Å²) in [4.78, 5) is 17.9. The van der Waals surface area contributed by atoms with Crippen LogP contribution in [0.2, 0.25) is 0 Å². The molecule has 166 valence electrons. The Morgan fingerprint density at radius 3 is 2.56 bits per heavy atom. The van der Waals surface area contributed by atoms with Crippen molar-refractivity contribution in [2.75, 3.05) is 17.2 Å². The van der Waals surface area contributed by atoms with Crippen LogP contribution in [0.15, 0.2) is 66.1 Å². The predicted octanol–water partition coefficient (Wildman–Crippen LogP) is 4.90. The summed E-state index contributed by atoms with van der Waals surface area (Å²) >= 11 is 0. The molecule has 7 heteroatoms. The minimum absolute atomic E-state index is 0.0417. The molecule has 4 rings (SSSR count). The summed E-state index contributed by atoms with van der Waals surface area (Å²) in [5.74, 6) is 1.03. The number of benzene rings is 2. The number of carbonyl (C=O) groups excluding carboxylic acids is 1. The third-order valence-electron chi connectivity index (χ3n) is 5.57. The number of fused-ring (bicyclic) bond motifs is 1. The summed E-state index contributed by atoms with van der Waals surface area (Å²) in [6, 6.07) is 15.4. The second-order valence-corrected chi connectivity index (χ2v) is 8.85. The molecule has 1 amide bonds. The maximum atomic E-state index is 13.5. The van der Waals surface area contributed by atoms with Crippen molar-refractivity contribution in [3.63, 3.8) is 0 Å². The highest BCUT2D eigenvalue weighted by Crippen LogP contribution is 2.36. The SMILES string of the molecule is CCOc1ccccc1NC(=O)C1=C(C)Nc2ncnn2C1c1ccc(C(C)(C)C)cc1. The van der Waals surface area contributed by atoms with E-state index >= 15 is 0 Å². The number of carbonyl (C=O) groups is 1. The normalized spacial score (nSPS) is 15.7. The van der Waals surface area contributed by atoms with Gasteiger partial charge in [-0.15, -0.1) is 0 Å². The molecule has 1 aliphatic heterocycles. The number of aromatic nitrogens is 3. The van der Waals surface area contributed by atoms with Crippen molar-refractivity contribution in [3.05, 3.63) is 77.3 Å². The molecule has 3 aromatic rings. The summed E-state index contributed by atoms with van der Waals surface area (Å²) in [5.41, 5.74) is 4.19. The Balaban J connectivity index is 1.73. The Bertz CT molecular complexity index is 1160. The van der Waals surface area contributed by atoms with Crippen molar-refractivity contribution < 1.29 is 9.53 Å². The zero-order chi connectivity index (χ0) is 22.9. The lowest BCUT2D eigenvalue weighted by Gasteiger charge is -2.29. The van der Waals surface area contributed by atoms with E-state index in [2.05, 4.69) is 65.8 Å². The fourth-order valence-electron chi connectivity index (χ4n) is 3.90. The molecule has 1 aromatic heterocycles. The van der Waals surface area contributed by atoms with E-state index < -0.39 is 6.04 Å². The number of hydrogen-bond donors (Lipinski definition) is 2. The van der Waals surface area contributed by atoms with Gasteiger partial charge in [-0.25, -0.2) is 4.68 Å². The van der Waals surface area contributed by atoms with E-state index in [0.29, 0.717) is 29.6 Å². The number of nitrogens with one attached hydrogen (secondary N) is 2. The van der Waals surface area contributed by atoms with E-state index in [9.17, 15) is 4.79 Å². The number of allylic oxidation sites excluding steroid dienone is 1. The lowest BCUT2D eigenvalue weighted by atomic mass is 9.85. The van der Waals surface area contributed by atoms with Gasteiger partial charge in [-0.1, -0.05) is 57.2 Å². The van der Waals surface area contributed by atoms with E-state index in [-0.39, 0.29) is 11.3 Å². The summed E-state index contributed by atoms with van der Waals surface area (Å²) in [5, 5.41) is 10.7. The molecule has 0 spiro atoms. The first-order chi connectivity index (χ1) is 15.3. The lowest BCUT2D eigenvalue weighted by molar-refractivity contribution is -0.113. The van der Waals surface area contributed by atoms with Crippen LogP contribution >= 0.6 is 0 Å². The molecular weight excluding hydrogens is 402 g/mol. The number of anilines is 2. The van der Waals surface area contributed by atoms with E-state index in [1.54, 1.807) is 4.68 Å². The molecule has 1 aliphatic rings. The van der Waals surface area contributed by atoms with E-state index in [0.717, 1.165) is 11.3 Å². The Kier molecular flexibility index (Phi) is 5.74. The molecule has 2 N–H and O–H groups in total. The van der Waals surface area contributed by atoms with Gasteiger partial charge < -0.3 is 15.4 Å². The van der Waals surface area contributed by atoms with Gasteiger partial charge in [-0.05, 0) is 42.5 Å². The van der Waals surface area contributed by atoms with Crippen LogP contribution in [0.4, 0.5) is 11.6 Å². The van der Waals surface area contributed by atoms with Gasteiger partial charge in [-0.2, -0.15) is 10.1 Å².